The monoisotopic (exact) mass is 385 g/mol. The molecule has 0 radical (unpaired) electrons. The third kappa shape index (κ3) is 5.68. The first-order valence-electron chi connectivity index (χ1n) is 8.32. The second-order valence-electron chi connectivity index (χ2n) is 5.58. The second-order valence-corrected chi connectivity index (χ2v) is 7.52. The maximum atomic E-state index is 12.5. The van der Waals surface area contributed by atoms with Crippen LogP contribution in [0.25, 0.3) is 0 Å². The van der Waals surface area contributed by atoms with Crippen LogP contribution in [0.15, 0.2) is 29.2 Å². The smallest absolute Gasteiger partial charge is 0.321 e. The summed E-state index contributed by atoms with van der Waals surface area (Å²) in [7, 11) is -3.57. The zero-order valence-corrected chi connectivity index (χ0v) is 15.4. The fourth-order valence-electron chi connectivity index (χ4n) is 2.24. The van der Waals surface area contributed by atoms with Gasteiger partial charge in [-0.05, 0) is 30.7 Å². The van der Waals surface area contributed by atoms with Crippen LogP contribution >= 0.6 is 0 Å². The highest BCUT2D eigenvalue weighted by Gasteiger charge is 2.26. The predicted octanol–water partition coefficient (Wildman–Crippen LogP) is 0.322. The maximum Gasteiger partial charge on any atom is 0.321 e. The molecule has 26 heavy (non-hydrogen) atoms. The van der Waals surface area contributed by atoms with E-state index in [4.69, 9.17) is 9.47 Å². The van der Waals surface area contributed by atoms with Gasteiger partial charge < -0.3 is 14.8 Å². The molecule has 0 bridgehead atoms. The van der Waals surface area contributed by atoms with Gasteiger partial charge in [0.25, 0.3) is 5.91 Å². The Hall–Kier alpha value is -2.17. The van der Waals surface area contributed by atoms with Crippen molar-refractivity contribution in [3.05, 3.63) is 24.3 Å². The van der Waals surface area contributed by atoms with E-state index in [1.807, 2.05) is 6.92 Å². The molecule has 1 aliphatic heterocycles. The Bertz CT molecular complexity index is 714. The Morgan fingerprint density at radius 3 is 2.46 bits per heavy atom. The largest absolute Gasteiger partial charge is 0.484 e. The minimum Gasteiger partial charge on any atom is -0.484 e. The zero-order chi connectivity index (χ0) is 19.0. The van der Waals surface area contributed by atoms with Crippen molar-refractivity contribution in [2.45, 2.75) is 18.2 Å². The van der Waals surface area contributed by atoms with Crippen molar-refractivity contribution in [2.24, 2.45) is 0 Å². The van der Waals surface area contributed by atoms with Gasteiger partial charge in [-0.2, -0.15) is 4.31 Å². The maximum absolute atomic E-state index is 12.5. The number of carbonyl (C=O) groups excluding carboxylic acids is 2. The first-order chi connectivity index (χ1) is 12.4. The first-order valence-corrected chi connectivity index (χ1v) is 9.76. The standard InChI is InChI=1S/C16H23N3O6S/c1-2-7-17-16(21)18-15(20)12-25-13-3-5-14(6-4-13)26(22,23)19-8-10-24-11-9-19/h3-6H,2,7-12H2,1H3,(H2,17,18,20,21). The molecular weight excluding hydrogens is 362 g/mol. The van der Waals surface area contributed by atoms with Gasteiger partial charge in [0, 0.05) is 19.6 Å². The van der Waals surface area contributed by atoms with Gasteiger partial charge in [0.15, 0.2) is 6.61 Å². The van der Waals surface area contributed by atoms with Gasteiger partial charge in [-0.15, -0.1) is 0 Å². The van der Waals surface area contributed by atoms with E-state index in [0.29, 0.717) is 38.6 Å². The summed E-state index contributed by atoms with van der Waals surface area (Å²) in [6.45, 7) is 3.41. The zero-order valence-electron chi connectivity index (χ0n) is 14.6. The minimum absolute atomic E-state index is 0.148. The number of morpholine rings is 1. The van der Waals surface area contributed by atoms with Gasteiger partial charge in [-0.25, -0.2) is 13.2 Å². The number of hydrogen-bond acceptors (Lipinski definition) is 6. The number of amides is 3. The van der Waals surface area contributed by atoms with Crippen LogP contribution in [0.1, 0.15) is 13.3 Å². The lowest BCUT2D eigenvalue weighted by molar-refractivity contribution is -0.122. The van der Waals surface area contributed by atoms with Crippen LogP contribution in [0.3, 0.4) is 0 Å². The number of benzene rings is 1. The summed E-state index contributed by atoms with van der Waals surface area (Å²) in [5.41, 5.74) is 0. The SMILES string of the molecule is CCCNC(=O)NC(=O)COc1ccc(S(=O)(=O)N2CCOCC2)cc1. The quantitative estimate of drug-likeness (QED) is 0.699. The molecule has 0 aliphatic carbocycles. The van der Waals surface area contributed by atoms with Crippen molar-refractivity contribution < 1.29 is 27.5 Å². The fourth-order valence-corrected chi connectivity index (χ4v) is 3.65. The van der Waals surface area contributed by atoms with E-state index in [2.05, 4.69) is 10.6 Å². The molecule has 144 valence electrons. The van der Waals surface area contributed by atoms with Gasteiger partial charge >= 0.3 is 6.03 Å². The topological polar surface area (TPSA) is 114 Å². The Morgan fingerprint density at radius 2 is 1.85 bits per heavy atom. The van der Waals surface area contributed by atoms with Gasteiger partial charge in [0.2, 0.25) is 10.0 Å². The Labute approximate surface area is 152 Å². The molecule has 0 atom stereocenters. The van der Waals surface area contributed by atoms with E-state index in [-0.39, 0.29) is 11.5 Å². The number of nitrogens with one attached hydrogen (secondary N) is 2. The van der Waals surface area contributed by atoms with Gasteiger partial charge in [0.05, 0.1) is 18.1 Å². The van der Waals surface area contributed by atoms with Crippen LogP contribution in [-0.4, -0.2) is 64.1 Å². The molecule has 10 heteroatoms. The molecule has 0 aromatic heterocycles. The molecule has 2 N–H and O–H groups in total. The number of rotatable bonds is 7. The van der Waals surface area contributed by atoms with Crippen molar-refractivity contribution in [3.63, 3.8) is 0 Å². The van der Waals surface area contributed by atoms with E-state index in [9.17, 15) is 18.0 Å². The highest BCUT2D eigenvalue weighted by Crippen LogP contribution is 2.20. The number of nitrogens with zero attached hydrogens (tertiary/aromatic N) is 1. The van der Waals surface area contributed by atoms with Crippen LogP contribution < -0.4 is 15.4 Å². The minimum atomic E-state index is -3.57. The molecule has 1 aliphatic rings. The number of ether oxygens (including phenoxy) is 2. The lowest BCUT2D eigenvalue weighted by atomic mass is 10.3. The van der Waals surface area contributed by atoms with Crippen LogP contribution in [0, 0.1) is 0 Å². The Morgan fingerprint density at radius 1 is 1.19 bits per heavy atom. The van der Waals surface area contributed by atoms with Crippen molar-refractivity contribution in [3.8, 4) is 5.75 Å². The average molecular weight is 385 g/mol. The lowest BCUT2D eigenvalue weighted by Crippen LogP contribution is -2.41. The van der Waals surface area contributed by atoms with Gasteiger partial charge in [-0.3, -0.25) is 10.1 Å². The first kappa shape index (κ1) is 20.1. The molecule has 1 fully saturated rings. The Kier molecular flexibility index (Phi) is 7.37. The van der Waals surface area contributed by atoms with Crippen molar-refractivity contribution in [2.75, 3.05) is 39.5 Å². The van der Waals surface area contributed by atoms with Crippen LogP contribution in [0.5, 0.6) is 5.75 Å². The normalized spacial score (nSPS) is 15.3. The summed E-state index contributed by atoms with van der Waals surface area (Å²) in [4.78, 5) is 23.1. The molecule has 1 aromatic carbocycles. The molecular formula is C16H23N3O6S. The van der Waals surface area contributed by atoms with Crippen molar-refractivity contribution in [1.82, 2.24) is 14.9 Å². The highest BCUT2D eigenvalue weighted by molar-refractivity contribution is 7.89. The van der Waals surface area contributed by atoms with Crippen LogP contribution in [0.2, 0.25) is 0 Å². The fraction of sp³-hybridized carbons (Fsp3) is 0.500. The molecule has 1 saturated heterocycles. The number of sulfonamides is 1. The third-order valence-corrected chi connectivity index (χ3v) is 5.50. The Balaban J connectivity index is 1.87. The summed E-state index contributed by atoms with van der Waals surface area (Å²) in [6.07, 6.45) is 0.762. The van der Waals surface area contributed by atoms with Crippen LogP contribution in [-0.2, 0) is 19.6 Å². The second kappa shape index (κ2) is 9.51. The number of carbonyl (C=O) groups is 2. The van der Waals surface area contributed by atoms with E-state index < -0.39 is 22.0 Å². The van der Waals surface area contributed by atoms with E-state index in [0.717, 1.165) is 6.42 Å². The van der Waals surface area contributed by atoms with E-state index >= 15 is 0 Å². The number of hydrogen-bond donors (Lipinski definition) is 2. The molecule has 1 heterocycles. The summed E-state index contributed by atoms with van der Waals surface area (Å²) < 4.78 is 36.8. The molecule has 0 saturated carbocycles. The highest BCUT2D eigenvalue weighted by atomic mass is 32.2. The summed E-state index contributed by atoms with van der Waals surface area (Å²) in [5, 5.41) is 4.65. The van der Waals surface area contributed by atoms with Crippen molar-refractivity contribution in [1.29, 1.82) is 0 Å². The van der Waals surface area contributed by atoms with E-state index in [1.165, 1.54) is 28.6 Å². The summed E-state index contributed by atoms with van der Waals surface area (Å²) in [5.74, 6) is -0.265. The van der Waals surface area contributed by atoms with Crippen molar-refractivity contribution >= 4 is 22.0 Å². The summed E-state index contributed by atoms with van der Waals surface area (Å²) in [6, 6.07) is 5.21. The molecule has 0 spiro atoms. The van der Waals surface area contributed by atoms with Gasteiger partial charge in [0.1, 0.15) is 5.75 Å². The third-order valence-electron chi connectivity index (χ3n) is 3.59. The number of imide groups is 1. The average Bonchev–Trinajstić information content (AvgIpc) is 2.65. The summed E-state index contributed by atoms with van der Waals surface area (Å²) >= 11 is 0. The van der Waals surface area contributed by atoms with Crippen LogP contribution in [0.4, 0.5) is 4.79 Å². The molecule has 9 nitrogen and oxygen atoms in total. The van der Waals surface area contributed by atoms with E-state index in [1.54, 1.807) is 0 Å². The molecule has 3 amide bonds. The molecule has 0 unspecified atom stereocenters. The number of urea groups is 1. The van der Waals surface area contributed by atoms with Gasteiger partial charge in [-0.1, -0.05) is 6.92 Å². The predicted molar refractivity (Wildman–Crippen MR) is 93.3 cm³/mol. The molecule has 2 rings (SSSR count). The molecule has 1 aromatic rings. The lowest BCUT2D eigenvalue weighted by Gasteiger charge is -2.26.